The molecule has 0 unspecified atom stereocenters. The molecule has 1 aromatic heterocycles. The van der Waals surface area contributed by atoms with E-state index in [9.17, 15) is 19.5 Å². The third kappa shape index (κ3) is 11.2. The Morgan fingerprint density at radius 1 is 0.635 bits per heavy atom. The molecule has 9 N–H and O–H groups in total. The molecule has 3 saturated heterocycles. The van der Waals surface area contributed by atoms with Crippen molar-refractivity contribution in [3.05, 3.63) is 174 Å². The van der Waals surface area contributed by atoms with E-state index in [-0.39, 0.29) is 25.0 Å². The fraction of sp³-hybridized carbons (Fsp3) is 0.351. The van der Waals surface area contributed by atoms with Crippen LogP contribution >= 0.6 is 0 Å². The Morgan fingerprint density at radius 3 is 1.81 bits per heavy atom. The largest absolute Gasteiger partial charge is 0.508 e. The number of benzene rings is 5. The van der Waals surface area contributed by atoms with Gasteiger partial charge in [-0.15, -0.1) is 0 Å². The van der Waals surface area contributed by atoms with Crippen molar-refractivity contribution in [3.8, 4) is 5.75 Å². The van der Waals surface area contributed by atoms with E-state index in [0.717, 1.165) is 27.6 Å². The third-order valence-electron chi connectivity index (χ3n) is 13.9. The number of nitrogens with two attached hydrogens (primary N) is 1. The molecular formula is C57H63N7O10. The molecule has 0 saturated carbocycles. The van der Waals surface area contributed by atoms with Gasteiger partial charge in [0.1, 0.15) is 41.6 Å². The number of unbranched alkanes of at least 4 members (excludes halogenated alkanes) is 1. The first-order valence-electron chi connectivity index (χ1n) is 25.1. The summed E-state index contributed by atoms with van der Waals surface area (Å²) in [6, 6.07) is 35.8. The molecule has 17 heteroatoms. The SMILES string of the molecule is C[C@@H](OC(c1ccccc1)(c1ccccc1)c1ccccc1)[C@@H]1NC(=O)[C@H](CCCCN)NC(=O)[C@@H](Cc2c[nH]c3ccccc23)NC(=O)[C@H](Cc2ccc(O)cc2)NC(=O)[C@H]2O[C@@H]3OC(C)(C)O[C@@H]3[C@@H]2NC1=O. The van der Waals surface area contributed by atoms with E-state index in [1.165, 1.54) is 12.1 Å². The van der Waals surface area contributed by atoms with Gasteiger partial charge in [-0.2, -0.15) is 0 Å². The average molecular weight is 1010 g/mol. The van der Waals surface area contributed by atoms with Crippen molar-refractivity contribution in [2.45, 2.75) is 119 Å². The van der Waals surface area contributed by atoms with E-state index in [1.807, 2.05) is 115 Å². The summed E-state index contributed by atoms with van der Waals surface area (Å²) >= 11 is 0. The van der Waals surface area contributed by atoms with Crippen LogP contribution in [-0.2, 0) is 61.4 Å². The van der Waals surface area contributed by atoms with Crippen LogP contribution in [0.15, 0.2) is 146 Å². The Kier molecular flexibility index (Phi) is 15.6. The fourth-order valence-corrected chi connectivity index (χ4v) is 10.2. The summed E-state index contributed by atoms with van der Waals surface area (Å²) in [4.78, 5) is 78.3. The summed E-state index contributed by atoms with van der Waals surface area (Å²) in [5.41, 5.74) is 8.90. The summed E-state index contributed by atoms with van der Waals surface area (Å²) in [6.45, 7) is 5.37. The van der Waals surface area contributed by atoms with Crippen LogP contribution < -0.4 is 32.3 Å². The zero-order valence-corrected chi connectivity index (χ0v) is 41.5. The first-order valence-corrected chi connectivity index (χ1v) is 25.1. The van der Waals surface area contributed by atoms with Crippen LogP contribution in [0.2, 0.25) is 0 Å². The smallest absolute Gasteiger partial charge is 0.252 e. The molecule has 9 rings (SSSR count). The van der Waals surface area contributed by atoms with Crippen molar-refractivity contribution in [1.29, 1.82) is 0 Å². The summed E-state index contributed by atoms with van der Waals surface area (Å²) in [7, 11) is 0. The van der Waals surface area contributed by atoms with Crippen LogP contribution in [0.1, 0.15) is 67.9 Å². The Balaban J connectivity index is 1.15. The van der Waals surface area contributed by atoms with Gasteiger partial charge in [-0.3, -0.25) is 24.0 Å². The van der Waals surface area contributed by atoms with Gasteiger partial charge in [-0.25, -0.2) is 0 Å². The highest BCUT2D eigenvalue weighted by Crippen LogP contribution is 2.42. The van der Waals surface area contributed by atoms with Crippen molar-refractivity contribution in [1.82, 2.24) is 31.6 Å². The Bertz CT molecular complexity index is 2820. The predicted molar refractivity (Wildman–Crippen MR) is 275 cm³/mol. The van der Waals surface area contributed by atoms with Gasteiger partial charge in [0.15, 0.2) is 18.2 Å². The number of rotatable bonds is 14. The van der Waals surface area contributed by atoms with E-state index >= 15 is 9.59 Å². The van der Waals surface area contributed by atoms with E-state index in [0.29, 0.717) is 30.5 Å². The van der Waals surface area contributed by atoms with Crippen LogP contribution in [-0.4, -0.2) is 107 Å². The third-order valence-corrected chi connectivity index (χ3v) is 13.9. The number of para-hydroxylation sites is 1. The maximum Gasteiger partial charge on any atom is 0.252 e. The van der Waals surface area contributed by atoms with Crippen molar-refractivity contribution in [2.24, 2.45) is 5.73 Å². The zero-order valence-electron chi connectivity index (χ0n) is 41.5. The normalized spacial score (nSPS) is 24.9. The quantitative estimate of drug-likeness (QED) is 0.0558. The van der Waals surface area contributed by atoms with E-state index in [4.69, 9.17) is 24.7 Å². The van der Waals surface area contributed by atoms with Gasteiger partial charge >= 0.3 is 0 Å². The fourth-order valence-electron chi connectivity index (χ4n) is 10.2. The first kappa shape index (κ1) is 51.5. The van der Waals surface area contributed by atoms with E-state index in [1.54, 1.807) is 39.1 Å². The van der Waals surface area contributed by atoms with Gasteiger partial charge in [-0.05, 0) is 92.6 Å². The highest BCUT2D eigenvalue weighted by atomic mass is 16.8. The number of hydrogen-bond acceptors (Lipinski definition) is 11. The Morgan fingerprint density at radius 2 is 1.19 bits per heavy atom. The molecule has 9 atom stereocenters. The molecule has 6 aromatic rings. The minimum Gasteiger partial charge on any atom is -0.508 e. The van der Waals surface area contributed by atoms with Crippen molar-refractivity contribution in [3.63, 3.8) is 0 Å². The van der Waals surface area contributed by atoms with Crippen molar-refractivity contribution >= 4 is 40.4 Å². The Hall–Kier alpha value is -7.41. The molecule has 0 spiro atoms. The summed E-state index contributed by atoms with van der Waals surface area (Å²) in [5, 5.41) is 25.6. The zero-order chi connectivity index (χ0) is 52.0. The number of aromatic hydroxyl groups is 1. The molecular weight excluding hydrogens is 943 g/mol. The number of aromatic amines is 1. The van der Waals surface area contributed by atoms with Gasteiger partial charge in [0.25, 0.3) is 5.91 Å². The second-order valence-corrected chi connectivity index (χ2v) is 19.6. The number of aromatic nitrogens is 1. The van der Waals surface area contributed by atoms with Crippen molar-refractivity contribution < 1.29 is 48.0 Å². The molecule has 3 aliphatic rings. The summed E-state index contributed by atoms with van der Waals surface area (Å²) < 4.78 is 26.1. The van der Waals surface area contributed by atoms with Gasteiger partial charge in [0.05, 0.1) is 12.1 Å². The van der Waals surface area contributed by atoms with E-state index < -0.39 is 95.7 Å². The van der Waals surface area contributed by atoms with Crippen LogP contribution in [0.5, 0.6) is 5.75 Å². The monoisotopic (exact) mass is 1010 g/mol. The second kappa shape index (κ2) is 22.4. The average Bonchev–Trinajstić information content (AvgIpc) is 4.07. The molecule has 3 fully saturated rings. The molecule has 0 aliphatic carbocycles. The number of amides is 5. The maximum absolute atomic E-state index is 15.5. The molecule has 74 heavy (non-hydrogen) atoms. The number of carbonyl (C=O) groups is 5. The molecule has 0 radical (unpaired) electrons. The lowest BCUT2D eigenvalue weighted by atomic mass is 9.79. The molecule has 5 amide bonds. The number of fused-ring (bicyclic) bond motifs is 4. The minimum atomic E-state index is -1.50. The lowest BCUT2D eigenvalue weighted by molar-refractivity contribution is -0.208. The number of H-pyrrole nitrogens is 1. The van der Waals surface area contributed by atoms with Crippen LogP contribution in [0.25, 0.3) is 10.9 Å². The summed E-state index contributed by atoms with van der Waals surface area (Å²) in [5.74, 6) is -4.86. The molecule has 0 bridgehead atoms. The Labute approximate surface area is 429 Å². The maximum atomic E-state index is 15.5. The number of nitrogens with one attached hydrogen (secondary N) is 6. The van der Waals surface area contributed by atoms with Crippen molar-refractivity contribution in [2.75, 3.05) is 6.54 Å². The van der Waals surface area contributed by atoms with Crippen LogP contribution in [0.3, 0.4) is 0 Å². The number of phenolic OH excluding ortho intramolecular Hbond substituents is 1. The van der Waals surface area contributed by atoms with Gasteiger partial charge in [0, 0.05) is 29.9 Å². The number of hydrogen-bond donors (Lipinski definition) is 8. The minimum absolute atomic E-state index is 0.00272. The highest BCUT2D eigenvalue weighted by Gasteiger charge is 2.58. The topological polar surface area (TPSA) is 244 Å². The van der Waals surface area contributed by atoms with Gasteiger partial charge < -0.3 is 61.4 Å². The lowest BCUT2D eigenvalue weighted by Gasteiger charge is -2.40. The molecule has 386 valence electrons. The standard InChI is InChI=1S/C57H63N7O10/c1-34(72-57(37-17-7-4-8-18-37,38-19-9-5-10-20-38)39-21-11-6-12-22-39)46-53(69)64-47-48(71-55-49(47)73-56(2,3)74-55)54(70)62-44(31-35-26-28-40(65)29-27-35)51(67)61-45(32-36-33-59-42-24-14-13-23-41(36)42)52(68)60-43(50(66)63-46)25-15-16-30-58/h4-14,17-24,26-29,33-34,43-49,55,59,65H,15-16,25,30-32,58H2,1-3H3,(H,60,68)(H,61,67)(H,62,70)(H,63,66)(H,64,69)/t34-,43+,44+,45-,46+,47-,48+,49-,55-/m1/s1. The molecule has 3 aliphatic heterocycles. The molecule has 5 aromatic carbocycles. The number of carbonyl (C=O) groups excluding carboxylic acids is 5. The summed E-state index contributed by atoms with van der Waals surface area (Å²) in [6.07, 6.45) is -2.07. The van der Waals surface area contributed by atoms with Gasteiger partial charge in [-0.1, -0.05) is 121 Å². The first-order chi connectivity index (χ1) is 35.7. The van der Waals surface area contributed by atoms with Gasteiger partial charge in [0.2, 0.25) is 23.6 Å². The van der Waals surface area contributed by atoms with E-state index in [2.05, 4.69) is 31.6 Å². The lowest BCUT2D eigenvalue weighted by Crippen LogP contribution is -2.64. The molecule has 4 heterocycles. The second-order valence-electron chi connectivity index (χ2n) is 19.6. The number of ether oxygens (including phenoxy) is 4. The number of phenols is 1. The predicted octanol–water partition coefficient (Wildman–Crippen LogP) is 4.50. The van der Waals surface area contributed by atoms with Crippen LogP contribution in [0, 0.1) is 0 Å². The van der Waals surface area contributed by atoms with Crippen LogP contribution in [0.4, 0.5) is 0 Å². The highest BCUT2D eigenvalue weighted by molar-refractivity contribution is 5.97. The molecule has 17 nitrogen and oxygen atoms in total.